The van der Waals surface area contributed by atoms with E-state index in [2.05, 4.69) is 32.3 Å². The van der Waals surface area contributed by atoms with E-state index in [1.165, 1.54) is 11.8 Å². The van der Waals surface area contributed by atoms with Crippen molar-refractivity contribution in [2.45, 2.75) is 37.2 Å². The van der Waals surface area contributed by atoms with Gasteiger partial charge in [0.1, 0.15) is 0 Å². The standard InChI is InChI=1S/C21H19BrN4O2S/c1-3-9-26-20(28)17-11-15(22)7-8-18(17)25-21(26)29-13(2)19(27)24-16-6-4-5-14(10-16)12-23/h4-8,10-11,13H,3,9H2,1-2H3,(H,24,27). The number of thioether (sulfide) groups is 1. The quantitative estimate of drug-likeness (QED) is 0.421. The summed E-state index contributed by atoms with van der Waals surface area (Å²) in [5.41, 5.74) is 1.52. The minimum atomic E-state index is -0.483. The zero-order chi connectivity index (χ0) is 21.0. The molecule has 0 bridgehead atoms. The molecule has 1 amide bonds. The molecule has 148 valence electrons. The molecule has 1 aromatic heterocycles. The molecule has 0 fully saturated rings. The van der Waals surface area contributed by atoms with Crippen molar-refractivity contribution in [1.82, 2.24) is 9.55 Å². The monoisotopic (exact) mass is 470 g/mol. The van der Waals surface area contributed by atoms with Crippen molar-refractivity contribution in [3.8, 4) is 6.07 Å². The topological polar surface area (TPSA) is 87.8 Å². The van der Waals surface area contributed by atoms with Crippen LogP contribution in [0.5, 0.6) is 0 Å². The molecular weight excluding hydrogens is 452 g/mol. The number of fused-ring (bicyclic) bond motifs is 1. The summed E-state index contributed by atoms with van der Waals surface area (Å²) in [5.74, 6) is -0.224. The molecule has 8 heteroatoms. The summed E-state index contributed by atoms with van der Waals surface area (Å²) in [6.07, 6.45) is 0.774. The average molecular weight is 471 g/mol. The maximum atomic E-state index is 13.0. The highest BCUT2D eigenvalue weighted by Crippen LogP contribution is 2.25. The lowest BCUT2D eigenvalue weighted by molar-refractivity contribution is -0.115. The number of nitrogens with zero attached hydrogens (tertiary/aromatic N) is 3. The molecule has 0 spiro atoms. The number of aromatic nitrogens is 2. The van der Waals surface area contributed by atoms with Gasteiger partial charge in [0.25, 0.3) is 5.56 Å². The number of nitrogens with one attached hydrogen (secondary N) is 1. The van der Waals surface area contributed by atoms with Gasteiger partial charge in [0.05, 0.1) is 27.8 Å². The van der Waals surface area contributed by atoms with Crippen LogP contribution in [0.25, 0.3) is 10.9 Å². The first-order valence-corrected chi connectivity index (χ1v) is 10.8. The van der Waals surface area contributed by atoms with Gasteiger partial charge in [-0.25, -0.2) is 4.98 Å². The van der Waals surface area contributed by atoms with Gasteiger partial charge < -0.3 is 5.32 Å². The van der Waals surface area contributed by atoms with Crippen LogP contribution in [0.4, 0.5) is 5.69 Å². The van der Waals surface area contributed by atoms with Gasteiger partial charge >= 0.3 is 0 Å². The lowest BCUT2D eigenvalue weighted by Gasteiger charge is -2.16. The van der Waals surface area contributed by atoms with Crippen LogP contribution >= 0.6 is 27.7 Å². The molecule has 0 aliphatic carbocycles. The molecule has 29 heavy (non-hydrogen) atoms. The number of hydrogen-bond donors (Lipinski definition) is 1. The Kier molecular flexibility index (Phi) is 6.72. The van der Waals surface area contributed by atoms with E-state index in [4.69, 9.17) is 5.26 Å². The number of carbonyl (C=O) groups is 1. The Balaban J connectivity index is 1.88. The van der Waals surface area contributed by atoms with Crippen LogP contribution in [-0.4, -0.2) is 20.7 Å². The number of benzene rings is 2. The number of amides is 1. The van der Waals surface area contributed by atoms with Gasteiger partial charge in [0.2, 0.25) is 5.91 Å². The van der Waals surface area contributed by atoms with E-state index in [0.717, 1.165) is 10.9 Å². The van der Waals surface area contributed by atoms with Crippen molar-refractivity contribution in [2.75, 3.05) is 5.32 Å². The molecule has 0 saturated heterocycles. The van der Waals surface area contributed by atoms with Gasteiger partial charge in [-0.1, -0.05) is 40.7 Å². The molecule has 0 aliphatic rings. The van der Waals surface area contributed by atoms with Crippen molar-refractivity contribution in [3.05, 3.63) is 62.9 Å². The first-order valence-electron chi connectivity index (χ1n) is 9.10. The van der Waals surface area contributed by atoms with E-state index in [9.17, 15) is 9.59 Å². The highest BCUT2D eigenvalue weighted by molar-refractivity contribution is 9.10. The zero-order valence-corrected chi connectivity index (χ0v) is 18.4. The van der Waals surface area contributed by atoms with Crippen LogP contribution in [-0.2, 0) is 11.3 Å². The molecule has 0 radical (unpaired) electrons. The van der Waals surface area contributed by atoms with E-state index < -0.39 is 5.25 Å². The number of carbonyl (C=O) groups excluding carboxylic acids is 1. The highest BCUT2D eigenvalue weighted by atomic mass is 79.9. The minimum absolute atomic E-state index is 0.116. The number of halogens is 1. The molecule has 0 aliphatic heterocycles. The maximum Gasteiger partial charge on any atom is 0.262 e. The molecule has 0 saturated carbocycles. The van der Waals surface area contributed by atoms with E-state index in [-0.39, 0.29) is 11.5 Å². The number of anilines is 1. The molecule has 1 N–H and O–H groups in total. The summed E-state index contributed by atoms with van der Waals surface area (Å²) < 4.78 is 2.44. The third kappa shape index (κ3) is 4.86. The summed E-state index contributed by atoms with van der Waals surface area (Å²) >= 11 is 4.64. The summed E-state index contributed by atoms with van der Waals surface area (Å²) in [4.78, 5) is 30.2. The third-order valence-corrected chi connectivity index (χ3v) is 5.82. The van der Waals surface area contributed by atoms with Gasteiger partial charge in [-0.2, -0.15) is 5.26 Å². The second-order valence-electron chi connectivity index (χ2n) is 6.45. The van der Waals surface area contributed by atoms with Crippen molar-refractivity contribution in [2.24, 2.45) is 0 Å². The molecule has 2 aromatic carbocycles. The van der Waals surface area contributed by atoms with Gasteiger partial charge in [-0.3, -0.25) is 14.2 Å². The SMILES string of the molecule is CCCn1c(SC(C)C(=O)Nc2cccc(C#N)c2)nc2ccc(Br)cc2c1=O. The number of hydrogen-bond acceptors (Lipinski definition) is 5. The smallest absolute Gasteiger partial charge is 0.262 e. The molecule has 6 nitrogen and oxygen atoms in total. The van der Waals surface area contributed by atoms with Gasteiger partial charge in [0.15, 0.2) is 5.16 Å². The first kappa shape index (κ1) is 21.1. The number of rotatable bonds is 6. The Morgan fingerprint density at radius 2 is 2.14 bits per heavy atom. The van der Waals surface area contributed by atoms with Crippen LogP contribution in [0.15, 0.2) is 56.9 Å². The highest BCUT2D eigenvalue weighted by Gasteiger charge is 2.19. The summed E-state index contributed by atoms with van der Waals surface area (Å²) in [6.45, 7) is 4.28. The summed E-state index contributed by atoms with van der Waals surface area (Å²) in [7, 11) is 0. The van der Waals surface area contributed by atoms with Crippen molar-refractivity contribution >= 4 is 50.2 Å². The zero-order valence-electron chi connectivity index (χ0n) is 16.0. The predicted octanol–water partition coefficient (Wildman–Crippen LogP) is 4.56. The lowest BCUT2D eigenvalue weighted by atomic mass is 10.2. The lowest BCUT2D eigenvalue weighted by Crippen LogP contribution is -2.27. The van der Waals surface area contributed by atoms with Crippen LogP contribution in [0.2, 0.25) is 0 Å². The van der Waals surface area contributed by atoms with Gasteiger partial charge in [-0.05, 0) is 49.7 Å². The van der Waals surface area contributed by atoms with Crippen molar-refractivity contribution in [1.29, 1.82) is 5.26 Å². The summed E-state index contributed by atoms with van der Waals surface area (Å²) in [6, 6.07) is 14.2. The molecule has 1 heterocycles. The second-order valence-corrected chi connectivity index (χ2v) is 8.68. The van der Waals surface area contributed by atoms with Crippen LogP contribution in [0.1, 0.15) is 25.8 Å². The molecule has 1 unspecified atom stereocenters. The largest absolute Gasteiger partial charge is 0.325 e. The Hall–Kier alpha value is -2.63. The molecule has 1 atom stereocenters. The molecule has 3 aromatic rings. The van der Waals surface area contributed by atoms with E-state index in [1.54, 1.807) is 47.9 Å². The van der Waals surface area contributed by atoms with Crippen LogP contribution < -0.4 is 10.9 Å². The summed E-state index contributed by atoms with van der Waals surface area (Å²) in [5, 5.41) is 12.4. The fraction of sp³-hybridized carbons (Fsp3) is 0.238. The number of nitriles is 1. The fourth-order valence-electron chi connectivity index (χ4n) is 2.81. The van der Waals surface area contributed by atoms with Gasteiger partial charge in [0, 0.05) is 16.7 Å². The van der Waals surface area contributed by atoms with E-state index >= 15 is 0 Å². The predicted molar refractivity (Wildman–Crippen MR) is 119 cm³/mol. The minimum Gasteiger partial charge on any atom is -0.325 e. The average Bonchev–Trinajstić information content (AvgIpc) is 2.71. The van der Waals surface area contributed by atoms with E-state index in [1.807, 2.05) is 13.0 Å². The Labute approximate surface area is 181 Å². The first-order chi connectivity index (χ1) is 13.9. The van der Waals surface area contributed by atoms with E-state index in [0.29, 0.717) is 33.9 Å². The molecule has 3 rings (SSSR count). The van der Waals surface area contributed by atoms with Crippen LogP contribution in [0.3, 0.4) is 0 Å². The maximum absolute atomic E-state index is 13.0. The van der Waals surface area contributed by atoms with Crippen molar-refractivity contribution < 1.29 is 4.79 Å². The van der Waals surface area contributed by atoms with Gasteiger partial charge in [-0.15, -0.1) is 0 Å². The molecular formula is C21H19BrN4O2S. The Morgan fingerprint density at radius 1 is 1.34 bits per heavy atom. The van der Waals surface area contributed by atoms with Crippen molar-refractivity contribution in [3.63, 3.8) is 0 Å². The van der Waals surface area contributed by atoms with Crippen LogP contribution in [0, 0.1) is 11.3 Å². The Morgan fingerprint density at radius 3 is 2.86 bits per heavy atom. The third-order valence-electron chi connectivity index (χ3n) is 4.24. The fourth-order valence-corrected chi connectivity index (χ4v) is 4.10. The second kappa shape index (κ2) is 9.25. The Bertz CT molecular complexity index is 1170. The normalized spacial score (nSPS) is 11.8.